The molecule has 1 aromatic heterocycles. The van der Waals surface area contributed by atoms with Crippen LogP contribution >= 0.6 is 11.8 Å². The molecule has 0 aliphatic carbocycles. The Balaban J connectivity index is 1.80. The number of rotatable bonds is 7. The van der Waals surface area contributed by atoms with Gasteiger partial charge in [-0.1, -0.05) is 43.8 Å². The second-order valence-electron chi connectivity index (χ2n) is 8.01. The zero-order valence-corrected chi connectivity index (χ0v) is 19.1. The summed E-state index contributed by atoms with van der Waals surface area (Å²) in [5.74, 6) is 0.774. The molecule has 0 bridgehead atoms. The number of aryl methyl sites for hydroxylation is 1. The summed E-state index contributed by atoms with van der Waals surface area (Å²) in [6.45, 7) is 9.21. The van der Waals surface area contributed by atoms with Crippen molar-refractivity contribution in [2.24, 2.45) is 5.92 Å². The first kappa shape index (κ1) is 21.9. The van der Waals surface area contributed by atoms with Crippen LogP contribution in [0.1, 0.15) is 31.7 Å². The molecule has 6 nitrogen and oxygen atoms in total. The summed E-state index contributed by atoms with van der Waals surface area (Å²) in [5, 5.41) is 0.842. The quantitative estimate of drug-likeness (QED) is 0.623. The lowest BCUT2D eigenvalue weighted by atomic mass is 10.2. The first-order valence-electron chi connectivity index (χ1n) is 9.92. The fraction of sp³-hybridized carbons (Fsp3) is 0.524. The number of amides is 1. The van der Waals surface area contributed by atoms with Crippen LogP contribution in [0.4, 0.5) is 5.69 Å². The van der Waals surface area contributed by atoms with Crippen molar-refractivity contribution in [1.29, 1.82) is 0 Å². The van der Waals surface area contributed by atoms with Gasteiger partial charge in [0, 0.05) is 17.9 Å². The summed E-state index contributed by atoms with van der Waals surface area (Å²) < 4.78 is 26.2. The number of benzene rings is 1. The van der Waals surface area contributed by atoms with Gasteiger partial charge in [0.15, 0.2) is 15.0 Å². The van der Waals surface area contributed by atoms with Gasteiger partial charge in [0.05, 0.1) is 29.0 Å². The Hall–Kier alpha value is -1.80. The predicted molar refractivity (Wildman–Crippen MR) is 118 cm³/mol. The minimum absolute atomic E-state index is 0.0263. The van der Waals surface area contributed by atoms with Crippen LogP contribution < -0.4 is 4.90 Å². The zero-order valence-electron chi connectivity index (χ0n) is 17.5. The lowest BCUT2D eigenvalue weighted by molar-refractivity contribution is -0.116. The third-order valence-electron chi connectivity index (χ3n) is 5.17. The van der Waals surface area contributed by atoms with Gasteiger partial charge in [-0.2, -0.15) is 0 Å². The van der Waals surface area contributed by atoms with Crippen LogP contribution in [0, 0.1) is 19.8 Å². The van der Waals surface area contributed by atoms with Crippen LogP contribution in [-0.4, -0.2) is 47.2 Å². The molecule has 8 heteroatoms. The summed E-state index contributed by atoms with van der Waals surface area (Å²) in [7, 11) is -3.09. The lowest BCUT2D eigenvalue weighted by Crippen LogP contribution is -2.42. The highest BCUT2D eigenvalue weighted by molar-refractivity contribution is 7.99. The van der Waals surface area contributed by atoms with Crippen LogP contribution in [0.5, 0.6) is 0 Å². The average Bonchev–Trinajstić information content (AvgIpc) is 3.14. The molecular weight excluding hydrogens is 406 g/mol. The van der Waals surface area contributed by atoms with Crippen molar-refractivity contribution in [3.63, 3.8) is 0 Å². The van der Waals surface area contributed by atoms with Crippen molar-refractivity contribution < 1.29 is 13.2 Å². The first-order chi connectivity index (χ1) is 13.7. The van der Waals surface area contributed by atoms with Gasteiger partial charge in [0.1, 0.15) is 0 Å². The van der Waals surface area contributed by atoms with Crippen LogP contribution in [-0.2, 0) is 21.2 Å². The Morgan fingerprint density at radius 1 is 1.28 bits per heavy atom. The summed E-state index contributed by atoms with van der Waals surface area (Å²) in [6.07, 6.45) is 0.480. The third-order valence-corrected chi connectivity index (χ3v) is 7.88. The number of nitrogens with zero attached hydrogens (tertiary/aromatic N) is 3. The number of carbonyl (C=O) groups is 1. The second-order valence-corrected chi connectivity index (χ2v) is 11.2. The van der Waals surface area contributed by atoms with E-state index in [0.29, 0.717) is 12.3 Å². The Morgan fingerprint density at radius 2 is 1.97 bits per heavy atom. The Morgan fingerprint density at radius 3 is 2.55 bits per heavy atom. The normalized spacial score (nSPS) is 18.3. The zero-order chi connectivity index (χ0) is 21.2. The highest BCUT2D eigenvalue weighted by Crippen LogP contribution is 2.28. The fourth-order valence-electron chi connectivity index (χ4n) is 3.64. The second kappa shape index (κ2) is 8.92. The number of imidazole rings is 1. The maximum atomic E-state index is 13.2. The summed E-state index contributed by atoms with van der Waals surface area (Å²) in [6, 6.07) is 9.04. The van der Waals surface area contributed by atoms with Gasteiger partial charge in [-0.25, -0.2) is 13.4 Å². The number of hydrogen-bond acceptors (Lipinski definition) is 5. The van der Waals surface area contributed by atoms with Crippen LogP contribution in [0.25, 0.3) is 0 Å². The molecule has 0 radical (unpaired) electrons. The van der Waals surface area contributed by atoms with Crippen molar-refractivity contribution in [3.8, 4) is 0 Å². The molecule has 1 saturated heterocycles. The minimum atomic E-state index is -3.09. The first-order valence-corrected chi connectivity index (χ1v) is 12.7. The minimum Gasteiger partial charge on any atom is -0.323 e. The third kappa shape index (κ3) is 5.22. The molecule has 1 amide bonds. The number of para-hydroxylation sites is 1. The van der Waals surface area contributed by atoms with Gasteiger partial charge in [-0.15, -0.1) is 0 Å². The van der Waals surface area contributed by atoms with E-state index in [2.05, 4.69) is 30.3 Å². The van der Waals surface area contributed by atoms with Crippen molar-refractivity contribution in [2.45, 2.75) is 51.9 Å². The van der Waals surface area contributed by atoms with Crippen LogP contribution in [0.2, 0.25) is 0 Å². The number of carbonyl (C=O) groups excluding carboxylic acids is 1. The maximum Gasteiger partial charge on any atom is 0.237 e. The standard InChI is InChI=1S/C21H29N3O3S2/c1-15(2)12-23-17(4)16(3)22-21(23)28-13-20(25)24(18-8-6-5-7-9-18)19-10-11-29(26,27)14-19/h5-9,15,19H,10-14H2,1-4H3/t19-/m0/s1. The molecule has 1 fully saturated rings. The van der Waals surface area contributed by atoms with E-state index in [-0.39, 0.29) is 29.2 Å². The largest absolute Gasteiger partial charge is 0.323 e. The van der Waals surface area contributed by atoms with E-state index in [1.807, 2.05) is 37.3 Å². The average molecular weight is 436 g/mol. The molecule has 0 unspecified atom stereocenters. The number of sulfone groups is 1. The number of hydrogen-bond donors (Lipinski definition) is 0. The molecule has 1 aromatic carbocycles. The SMILES string of the molecule is Cc1nc(SCC(=O)N(c2ccccc2)[C@H]2CCS(=O)(=O)C2)n(CC(C)C)c1C. The summed E-state index contributed by atoms with van der Waals surface area (Å²) in [4.78, 5) is 19.5. The van der Waals surface area contributed by atoms with E-state index in [1.165, 1.54) is 11.8 Å². The molecule has 0 saturated carbocycles. The molecule has 0 spiro atoms. The van der Waals surface area contributed by atoms with Gasteiger partial charge < -0.3 is 9.47 Å². The van der Waals surface area contributed by atoms with Crippen molar-refractivity contribution >= 4 is 33.2 Å². The van der Waals surface area contributed by atoms with Crippen LogP contribution in [0.15, 0.2) is 35.5 Å². The molecule has 2 heterocycles. The molecule has 29 heavy (non-hydrogen) atoms. The van der Waals surface area contributed by atoms with Crippen LogP contribution in [0.3, 0.4) is 0 Å². The number of aromatic nitrogens is 2. The highest BCUT2D eigenvalue weighted by Gasteiger charge is 2.35. The summed E-state index contributed by atoms with van der Waals surface area (Å²) >= 11 is 1.43. The molecule has 158 valence electrons. The van der Waals surface area contributed by atoms with E-state index in [4.69, 9.17) is 0 Å². The number of anilines is 1. The van der Waals surface area contributed by atoms with Gasteiger partial charge in [-0.3, -0.25) is 4.79 Å². The summed E-state index contributed by atoms with van der Waals surface area (Å²) in [5.41, 5.74) is 2.84. The molecule has 1 aliphatic rings. The Bertz CT molecular complexity index is 969. The highest BCUT2D eigenvalue weighted by atomic mass is 32.2. The van der Waals surface area contributed by atoms with Gasteiger partial charge in [0.25, 0.3) is 0 Å². The Kier molecular flexibility index (Phi) is 6.73. The molecule has 2 aromatic rings. The fourth-order valence-corrected chi connectivity index (χ4v) is 6.30. The van der Waals surface area contributed by atoms with Gasteiger partial charge in [-0.05, 0) is 38.3 Å². The predicted octanol–water partition coefficient (Wildman–Crippen LogP) is 3.47. The van der Waals surface area contributed by atoms with E-state index in [0.717, 1.165) is 28.8 Å². The van der Waals surface area contributed by atoms with Gasteiger partial charge in [0.2, 0.25) is 5.91 Å². The molecule has 0 N–H and O–H groups in total. The smallest absolute Gasteiger partial charge is 0.237 e. The lowest BCUT2D eigenvalue weighted by Gasteiger charge is -2.28. The Labute approximate surface area is 177 Å². The maximum absolute atomic E-state index is 13.2. The van der Waals surface area contributed by atoms with E-state index in [9.17, 15) is 13.2 Å². The van der Waals surface area contributed by atoms with E-state index in [1.54, 1.807) is 4.90 Å². The van der Waals surface area contributed by atoms with Gasteiger partial charge >= 0.3 is 0 Å². The van der Waals surface area contributed by atoms with Crippen molar-refractivity contribution in [1.82, 2.24) is 9.55 Å². The van der Waals surface area contributed by atoms with E-state index < -0.39 is 9.84 Å². The molecule has 1 aliphatic heterocycles. The monoisotopic (exact) mass is 435 g/mol. The number of thioether (sulfide) groups is 1. The topological polar surface area (TPSA) is 72.3 Å². The van der Waals surface area contributed by atoms with Crippen molar-refractivity contribution in [2.75, 3.05) is 22.2 Å². The molecule has 3 rings (SSSR count). The van der Waals surface area contributed by atoms with E-state index >= 15 is 0 Å². The molecular formula is C21H29N3O3S2. The molecule has 1 atom stereocenters. The van der Waals surface area contributed by atoms with Crippen molar-refractivity contribution in [3.05, 3.63) is 41.7 Å².